The van der Waals surface area contributed by atoms with Crippen molar-refractivity contribution in [2.45, 2.75) is 18.9 Å². The number of ketones is 1. The zero-order valence-electron chi connectivity index (χ0n) is 6.98. The first-order valence-corrected chi connectivity index (χ1v) is 5.01. The number of hydrogen-bond acceptors (Lipinski definition) is 4. The first-order chi connectivity index (χ1) is 5.78. The Morgan fingerprint density at radius 2 is 1.92 bits per heavy atom. The average molecular weight is 210 g/mol. The summed E-state index contributed by atoms with van der Waals surface area (Å²) in [6.07, 6.45) is -1.45. The second-order valence-electron chi connectivity index (χ2n) is 2.79. The van der Waals surface area contributed by atoms with Crippen LogP contribution < -0.4 is 0 Å². The lowest BCUT2D eigenvalue weighted by atomic mass is 10.0. The van der Waals surface area contributed by atoms with Gasteiger partial charge in [0, 0.05) is 6.42 Å². The van der Waals surface area contributed by atoms with Crippen molar-refractivity contribution in [3.05, 3.63) is 0 Å². The van der Waals surface area contributed by atoms with Crippen molar-refractivity contribution in [3.63, 3.8) is 0 Å². The number of carboxylic acid groups (broad SMARTS) is 1. The largest absolute Gasteiger partial charge is 0.479 e. The van der Waals surface area contributed by atoms with E-state index in [1.807, 2.05) is 0 Å². The summed E-state index contributed by atoms with van der Waals surface area (Å²) >= 11 is 0. The molecule has 0 aliphatic carbocycles. The fourth-order valence-corrected chi connectivity index (χ4v) is 1.65. The molecule has 3 N–H and O–H groups in total. The van der Waals surface area contributed by atoms with Gasteiger partial charge in [-0.3, -0.25) is 9.36 Å². The van der Waals surface area contributed by atoms with Gasteiger partial charge in [-0.2, -0.15) is 0 Å². The van der Waals surface area contributed by atoms with Crippen molar-refractivity contribution in [1.29, 1.82) is 0 Å². The molecule has 0 rings (SSSR count). The Bertz CT molecular complexity index is 232. The fourth-order valence-electron chi connectivity index (χ4n) is 0.876. The van der Waals surface area contributed by atoms with Gasteiger partial charge in [0.15, 0.2) is 13.6 Å². The summed E-state index contributed by atoms with van der Waals surface area (Å²) in [7, 11) is -3.11. The number of carbonyl (C=O) groups is 2. The molecule has 0 saturated heterocycles. The van der Waals surface area contributed by atoms with Crippen LogP contribution in [-0.4, -0.2) is 38.6 Å². The summed E-state index contributed by atoms with van der Waals surface area (Å²) in [4.78, 5) is 29.5. The number of hydrogen-bond donors (Lipinski definition) is 3. The van der Waals surface area contributed by atoms with E-state index in [2.05, 4.69) is 0 Å². The quantitative estimate of drug-likeness (QED) is 0.514. The van der Waals surface area contributed by atoms with Gasteiger partial charge in [-0.15, -0.1) is 0 Å². The molecule has 2 atom stereocenters. The van der Waals surface area contributed by atoms with Crippen LogP contribution in [0.3, 0.4) is 0 Å². The van der Waals surface area contributed by atoms with Crippen molar-refractivity contribution in [1.82, 2.24) is 0 Å². The second-order valence-corrected chi connectivity index (χ2v) is 3.93. The van der Waals surface area contributed by atoms with Crippen LogP contribution >= 0.6 is 8.03 Å². The van der Waals surface area contributed by atoms with Gasteiger partial charge in [0.25, 0.3) is 0 Å². The molecular formula is C6H11O6P. The molecule has 0 amide bonds. The van der Waals surface area contributed by atoms with Crippen molar-refractivity contribution in [2.24, 2.45) is 0 Å². The smallest absolute Gasteiger partial charge is 0.336 e. The number of Topliss-reactive ketones (excluding diaryl/α,β-unsaturated/α-hetero) is 1. The molecule has 2 unspecified atom stereocenters. The monoisotopic (exact) mass is 210 g/mol. The molecule has 0 bridgehead atoms. The Morgan fingerprint density at radius 1 is 1.46 bits per heavy atom. The minimum Gasteiger partial charge on any atom is -0.479 e. The van der Waals surface area contributed by atoms with Crippen LogP contribution in [0.25, 0.3) is 0 Å². The van der Waals surface area contributed by atoms with Crippen molar-refractivity contribution >= 4 is 19.8 Å². The molecule has 76 valence electrons. The maximum absolute atomic E-state index is 10.5. The predicted octanol–water partition coefficient (Wildman–Crippen LogP) is -0.752. The van der Waals surface area contributed by atoms with Gasteiger partial charge in [-0.1, -0.05) is 0 Å². The first-order valence-electron chi connectivity index (χ1n) is 3.45. The molecule has 0 radical (unpaired) electrons. The SMILES string of the molecule is CC(=O)CC(O)(C[PH](=O)O)C(=O)O. The maximum Gasteiger partial charge on any atom is 0.336 e. The van der Waals surface area contributed by atoms with Crippen LogP contribution in [0, 0.1) is 0 Å². The molecule has 7 heteroatoms. The molecule has 0 aromatic rings. The lowest BCUT2D eigenvalue weighted by Crippen LogP contribution is -2.42. The third kappa shape index (κ3) is 4.17. The first kappa shape index (κ1) is 12.3. The number of aliphatic carboxylic acids is 1. The van der Waals surface area contributed by atoms with Crippen LogP contribution in [0.4, 0.5) is 0 Å². The van der Waals surface area contributed by atoms with E-state index >= 15 is 0 Å². The molecule has 0 saturated carbocycles. The third-order valence-electron chi connectivity index (χ3n) is 1.38. The number of aliphatic hydroxyl groups is 1. The summed E-state index contributed by atoms with van der Waals surface area (Å²) in [6.45, 7) is 1.10. The molecule has 6 nitrogen and oxygen atoms in total. The van der Waals surface area contributed by atoms with E-state index in [0.717, 1.165) is 6.92 Å². The standard InChI is InChI=1S/C6H11O6P/c1-4(7)2-6(10,5(8)9)3-13(11)12/h10,13H,2-3H2,1H3,(H,8,9)(H,11,12). The van der Waals surface area contributed by atoms with Gasteiger partial charge in [0.05, 0.1) is 6.16 Å². The van der Waals surface area contributed by atoms with Crippen molar-refractivity contribution in [2.75, 3.05) is 6.16 Å². The summed E-state index contributed by atoms with van der Waals surface area (Å²) in [6, 6.07) is 0. The average Bonchev–Trinajstić information content (AvgIpc) is 1.82. The summed E-state index contributed by atoms with van der Waals surface area (Å²) in [5.74, 6) is -2.21. The van der Waals surface area contributed by atoms with Gasteiger partial charge in [0.2, 0.25) is 0 Å². The summed E-state index contributed by atoms with van der Waals surface area (Å²) < 4.78 is 10.4. The van der Waals surface area contributed by atoms with Crippen LogP contribution in [-0.2, 0) is 14.2 Å². The van der Waals surface area contributed by atoms with E-state index in [0.29, 0.717) is 0 Å². The zero-order valence-corrected chi connectivity index (χ0v) is 7.98. The van der Waals surface area contributed by atoms with E-state index in [1.165, 1.54) is 0 Å². The molecule has 0 spiro atoms. The van der Waals surface area contributed by atoms with E-state index < -0.39 is 38.0 Å². The molecule has 0 heterocycles. The Kier molecular flexibility index (Phi) is 4.26. The normalized spacial score (nSPS) is 17.5. The summed E-state index contributed by atoms with van der Waals surface area (Å²) in [5, 5.41) is 17.8. The summed E-state index contributed by atoms with van der Waals surface area (Å²) in [5.41, 5.74) is -2.41. The van der Waals surface area contributed by atoms with Gasteiger partial charge in [-0.25, -0.2) is 4.79 Å². The van der Waals surface area contributed by atoms with E-state index in [9.17, 15) is 19.3 Å². The van der Waals surface area contributed by atoms with Gasteiger partial charge >= 0.3 is 5.97 Å². The van der Waals surface area contributed by atoms with Crippen LogP contribution in [0.15, 0.2) is 0 Å². The van der Waals surface area contributed by atoms with E-state index in [1.54, 1.807) is 0 Å². The maximum atomic E-state index is 10.5. The minimum absolute atomic E-state index is 0.548. The highest BCUT2D eigenvalue weighted by Crippen LogP contribution is 2.24. The number of carbonyl (C=O) groups excluding carboxylic acids is 1. The van der Waals surface area contributed by atoms with Crippen LogP contribution in [0.5, 0.6) is 0 Å². The highest BCUT2D eigenvalue weighted by atomic mass is 31.1. The molecule has 0 aliphatic heterocycles. The highest BCUT2D eigenvalue weighted by molar-refractivity contribution is 7.38. The number of rotatable bonds is 5. The van der Waals surface area contributed by atoms with Crippen molar-refractivity contribution in [3.8, 4) is 0 Å². The Morgan fingerprint density at radius 3 is 2.15 bits per heavy atom. The second kappa shape index (κ2) is 4.50. The van der Waals surface area contributed by atoms with E-state index in [-0.39, 0.29) is 0 Å². The van der Waals surface area contributed by atoms with Crippen LogP contribution in [0.2, 0.25) is 0 Å². The van der Waals surface area contributed by atoms with Gasteiger partial charge < -0.3 is 15.1 Å². The lowest BCUT2D eigenvalue weighted by molar-refractivity contribution is -0.158. The van der Waals surface area contributed by atoms with Gasteiger partial charge in [0.1, 0.15) is 5.78 Å². The van der Waals surface area contributed by atoms with Gasteiger partial charge in [-0.05, 0) is 6.92 Å². The highest BCUT2D eigenvalue weighted by Gasteiger charge is 2.38. The minimum atomic E-state index is -3.11. The third-order valence-corrected chi connectivity index (χ3v) is 2.27. The predicted molar refractivity (Wildman–Crippen MR) is 44.0 cm³/mol. The van der Waals surface area contributed by atoms with E-state index in [4.69, 9.17) is 10.00 Å². The molecule has 0 fully saturated rings. The van der Waals surface area contributed by atoms with Crippen molar-refractivity contribution < 1.29 is 29.3 Å². The molecular weight excluding hydrogens is 199 g/mol. The molecule has 0 aromatic heterocycles. The molecule has 0 aliphatic rings. The Labute approximate surface area is 75.1 Å². The van der Waals surface area contributed by atoms with Crippen LogP contribution in [0.1, 0.15) is 13.3 Å². The zero-order chi connectivity index (χ0) is 10.6. The molecule has 13 heavy (non-hydrogen) atoms. The lowest BCUT2D eigenvalue weighted by Gasteiger charge is -2.19. The molecule has 0 aromatic carbocycles. The Balaban J connectivity index is 4.62. The number of carboxylic acids is 1. The fraction of sp³-hybridized carbons (Fsp3) is 0.667. The topological polar surface area (TPSA) is 112 Å². The Hall–Kier alpha value is -0.710.